The first kappa shape index (κ1) is 14.5. The van der Waals surface area contributed by atoms with Crippen molar-refractivity contribution < 1.29 is 14.6 Å². The Hall–Kier alpha value is -1.43. The van der Waals surface area contributed by atoms with E-state index in [1.54, 1.807) is 0 Å². The molecule has 1 aromatic heterocycles. The van der Waals surface area contributed by atoms with E-state index >= 15 is 0 Å². The van der Waals surface area contributed by atoms with Crippen LogP contribution in [0.3, 0.4) is 0 Å². The van der Waals surface area contributed by atoms with E-state index in [4.69, 9.17) is 4.74 Å². The van der Waals surface area contributed by atoms with Crippen LogP contribution in [-0.2, 0) is 11.3 Å². The first-order valence-electron chi connectivity index (χ1n) is 7.27. The zero-order valence-corrected chi connectivity index (χ0v) is 12.8. The number of aromatic carboxylic acids is 1. The van der Waals surface area contributed by atoms with Gasteiger partial charge in [-0.1, -0.05) is 18.2 Å². The highest BCUT2D eigenvalue weighted by Gasteiger charge is 2.29. The molecule has 5 heteroatoms. The van der Waals surface area contributed by atoms with Crippen LogP contribution in [0.25, 0.3) is 10.1 Å². The van der Waals surface area contributed by atoms with Gasteiger partial charge >= 0.3 is 5.97 Å². The van der Waals surface area contributed by atoms with Crippen LogP contribution in [0.2, 0.25) is 0 Å². The summed E-state index contributed by atoms with van der Waals surface area (Å²) in [6, 6.07) is 8.31. The summed E-state index contributed by atoms with van der Waals surface area (Å²) in [6.07, 6.45) is 2.39. The van der Waals surface area contributed by atoms with Gasteiger partial charge in [-0.05, 0) is 36.8 Å². The van der Waals surface area contributed by atoms with Gasteiger partial charge in [0.05, 0.1) is 6.10 Å². The number of ether oxygens (including phenoxy) is 1. The van der Waals surface area contributed by atoms with E-state index in [2.05, 4.69) is 5.32 Å². The predicted octanol–water partition coefficient (Wildman–Crippen LogP) is 3.26. The normalized spacial score (nSPS) is 21.4. The Bertz CT molecular complexity index is 646. The van der Waals surface area contributed by atoms with Crippen molar-refractivity contribution in [3.05, 3.63) is 34.7 Å². The lowest BCUT2D eigenvalue weighted by Gasteiger charge is -2.35. The highest BCUT2D eigenvalue weighted by molar-refractivity contribution is 7.21. The van der Waals surface area contributed by atoms with Crippen molar-refractivity contribution in [3.63, 3.8) is 0 Å². The maximum atomic E-state index is 11.4. The summed E-state index contributed by atoms with van der Waals surface area (Å²) in [5.74, 6) is -0.839. The molecule has 112 valence electrons. The van der Waals surface area contributed by atoms with E-state index in [0.717, 1.165) is 35.1 Å². The van der Waals surface area contributed by atoms with E-state index < -0.39 is 5.97 Å². The van der Waals surface area contributed by atoms with Crippen molar-refractivity contribution in [1.29, 1.82) is 0 Å². The van der Waals surface area contributed by atoms with Crippen LogP contribution in [0.1, 0.15) is 35.0 Å². The SMILES string of the molecule is CCOC1CC(NCc2c(C(=O)O)sc3ccccc23)C1. The number of hydrogen-bond donors (Lipinski definition) is 2. The molecule has 0 unspecified atom stereocenters. The summed E-state index contributed by atoms with van der Waals surface area (Å²) in [5.41, 5.74) is 0.906. The summed E-state index contributed by atoms with van der Waals surface area (Å²) < 4.78 is 6.58. The first-order valence-corrected chi connectivity index (χ1v) is 8.09. The lowest BCUT2D eigenvalue weighted by Crippen LogP contribution is -2.45. The average molecular weight is 305 g/mol. The molecule has 0 aliphatic heterocycles. The lowest BCUT2D eigenvalue weighted by molar-refractivity contribution is -0.0102. The van der Waals surface area contributed by atoms with Crippen molar-refractivity contribution in [2.24, 2.45) is 0 Å². The van der Waals surface area contributed by atoms with E-state index in [1.807, 2.05) is 31.2 Å². The summed E-state index contributed by atoms with van der Waals surface area (Å²) in [4.78, 5) is 11.9. The van der Waals surface area contributed by atoms with Gasteiger partial charge in [-0.25, -0.2) is 4.79 Å². The van der Waals surface area contributed by atoms with Crippen molar-refractivity contribution in [2.75, 3.05) is 6.61 Å². The Labute approximate surface area is 127 Å². The summed E-state index contributed by atoms with van der Waals surface area (Å²) in [7, 11) is 0. The molecule has 3 rings (SSSR count). The second-order valence-electron chi connectivity index (χ2n) is 5.34. The van der Waals surface area contributed by atoms with Gasteiger partial charge in [0.25, 0.3) is 0 Å². The van der Waals surface area contributed by atoms with Crippen LogP contribution < -0.4 is 5.32 Å². The molecule has 0 amide bonds. The van der Waals surface area contributed by atoms with Crippen LogP contribution in [0.5, 0.6) is 0 Å². The second kappa shape index (κ2) is 6.13. The second-order valence-corrected chi connectivity index (χ2v) is 6.39. The fraction of sp³-hybridized carbons (Fsp3) is 0.438. The van der Waals surface area contributed by atoms with Gasteiger partial charge < -0.3 is 15.2 Å². The van der Waals surface area contributed by atoms with Gasteiger partial charge in [0.1, 0.15) is 4.88 Å². The molecule has 0 spiro atoms. The zero-order valence-electron chi connectivity index (χ0n) is 12.0. The predicted molar refractivity (Wildman–Crippen MR) is 84.1 cm³/mol. The molecule has 1 aliphatic rings. The van der Waals surface area contributed by atoms with Crippen molar-refractivity contribution in [3.8, 4) is 0 Å². The Balaban J connectivity index is 1.71. The fourth-order valence-electron chi connectivity index (χ4n) is 2.80. The smallest absolute Gasteiger partial charge is 0.346 e. The number of nitrogens with one attached hydrogen (secondary N) is 1. The molecule has 21 heavy (non-hydrogen) atoms. The highest BCUT2D eigenvalue weighted by Crippen LogP contribution is 2.32. The van der Waals surface area contributed by atoms with Crippen molar-refractivity contribution >= 4 is 27.4 Å². The van der Waals surface area contributed by atoms with Gasteiger partial charge in [-0.3, -0.25) is 0 Å². The number of rotatable bonds is 6. The third kappa shape index (κ3) is 2.95. The molecule has 2 N–H and O–H groups in total. The molecule has 1 fully saturated rings. The molecule has 0 radical (unpaired) electrons. The number of carboxylic acid groups (broad SMARTS) is 1. The van der Waals surface area contributed by atoms with Crippen LogP contribution in [0, 0.1) is 0 Å². The van der Waals surface area contributed by atoms with Crippen LogP contribution in [-0.4, -0.2) is 29.8 Å². The van der Waals surface area contributed by atoms with Gasteiger partial charge in [0, 0.05) is 23.9 Å². The number of carbonyl (C=O) groups is 1. The molecule has 0 atom stereocenters. The molecule has 2 aromatic rings. The molecule has 1 aromatic carbocycles. The van der Waals surface area contributed by atoms with E-state index in [9.17, 15) is 9.90 Å². The summed E-state index contributed by atoms with van der Waals surface area (Å²) in [6.45, 7) is 3.38. The standard InChI is InChI=1S/C16H19NO3S/c1-2-20-11-7-10(8-11)17-9-13-12-5-3-4-6-14(12)21-15(13)16(18)19/h3-6,10-11,17H,2,7-9H2,1H3,(H,18,19). The maximum Gasteiger partial charge on any atom is 0.346 e. The average Bonchev–Trinajstić information content (AvgIpc) is 2.80. The fourth-order valence-corrected chi connectivity index (χ4v) is 3.86. The molecule has 1 heterocycles. The number of fused-ring (bicyclic) bond motifs is 1. The summed E-state index contributed by atoms with van der Waals surface area (Å²) in [5, 5.41) is 13.9. The molecule has 0 saturated heterocycles. The van der Waals surface area contributed by atoms with Crippen molar-refractivity contribution in [2.45, 2.75) is 38.5 Å². The third-order valence-electron chi connectivity index (χ3n) is 3.96. The minimum absolute atomic E-state index is 0.366. The molecule has 0 bridgehead atoms. The Morgan fingerprint density at radius 3 is 2.90 bits per heavy atom. The number of hydrogen-bond acceptors (Lipinski definition) is 4. The maximum absolute atomic E-state index is 11.4. The lowest BCUT2D eigenvalue weighted by atomic mass is 9.89. The molecule has 1 aliphatic carbocycles. The Morgan fingerprint density at radius 2 is 2.19 bits per heavy atom. The Morgan fingerprint density at radius 1 is 1.43 bits per heavy atom. The first-order chi connectivity index (χ1) is 10.2. The number of carboxylic acids is 1. The van der Waals surface area contributed by atoms with E-state index in [-0.39, 0.29) is 0 Å². The minimum atomic E-state index is -0.839. The largest absolute Gasteiger partial charge is 0.477 e. The van der Waals surface area contributed by atoms with Crippen molar-refractivity contribution in [1.82, 2.24) is 5.32 Å². The van der Waals surface area contributed by atoms with Gasteiger partial charge in [0.15, 0.2) is 0 Å². The quantitative estimate of drug-likeness (QED) is 0.860. The molecule has 1 saturated carbocycles. The van der Waals surface area contributed by atoms with Gasteiger partial charge in [0.2, 0.25) is 0 Å². The zero-order chi connectivity index (χ0) is 14.8. The monoisotopic (exact) mass is 305 g/mol. The van der Waals surface area contributed by atoms with Crippen LogP contribution >= 0.6 is 11.3 Å². The number of thiophene rings is 1. The van der Waals surface area contributed by atoms with Crippen LogP contribution in [0.4, 0.5) is 0 Å². The molecular formula is C16H19NO3S. The number of benzene rings is 1. The topological polar surface area (TPSA) is 58.6 Å². The molecular weight excluding hydrogens is 286 g/mol. The van der Waals surface area contributed by atoms with Gasteiger partial charge in [-0.15, -0.1) is 11.3 Å². The minimum Gasteiger partial charge on any atom is -0.477 e. The highest BCUT2D eigenvalue weighted by atomic mass is 32.1. The van der Waals surface area contributed by atoms with Gasteiger partial charge in [-0.2, -0.15) is 0 Å². The Kier molecular flexibility index (Phi) is 4.24. The third-order valence-corrected chi connectivity index (χ3v) is 5.16. The van der Waals surface area contributed by atoms with E-state index in [1.165, 1.54) is 11.3 Å². The molecule has 4 nitrogen and oxygen atoms in total. The van der Waals surface area contributed by atoms with Crippen LogP contribution in [0.15, 0.2) is 24.3 Å². The summed E-state index contributed by atoms with van der Waals surface area (Å²) >= 11 is 1.35. The van der Waals surface area contributed by atoms with E-state index in [0.29, 0.717) is 23.6 Å².